The molecule has 5 aromatic carbocycles. The first-order valence-corrected chi connectivity index (χ1v) is 18.5. The maximum absolute atomic E-state index is 5.21. The number of rotatable bonds is 6. The molecule has 4 heteroatoms. The minimum Gasteiger partial charge on any atom is -0.257 e. The molecule has 4 fully saturated rings. The fraction of sp³-hybridized carbons (Fsp3) is 0.234. The summed E-state index contributed by atoms with van der Waals surface area (Å²) >= 11 is 0. The quantitative estimate of drug-likeness (QED) is 0.167. The van der Waals surface area contributed by atoms with Crippen LogP contribution in [0, 0.1) is 23.7 Å². The predicted molar refractivity (Wildman–Crippen MR) is 208 cm³/mol. The Kier molecular flexibility index (Phi) is 7.02. The molecule has 0 aliphatic heterocycles. The second-order valence-corrected chi connectivity index (χ2v) is 15.1. The van der Waals surface area contributed by atoms with Crippen molar-refractivity contribution in [2.45, 2.75) is 44.4 Å². The highest BCUT2D eigenvalue weighted by atomic mass is 15.0. The average Bonchev–Trinajstić information content (AvgIpc) is 3.48. The monoisotopic (exact) mass is 660 g/mol. The van der Waals surface area contributed by atoms with Crippen molar-refractivity contribution in [2.75, 3.05) is 0 Å². The summed E-state index contributed by atoms with van der Waals surface area (Å²) in [5, 5.41) is 2.79. The molecule has 0 unspecified atom stereocenters. The average molecular weight is 661 g/mol. The van der Waals surface area contributed by atoms with Gasteiger partial charge in [0.25, 0.3) is 0 Å². The van der Waals surface area contributed by atoms with Gasteiger partial charge in [-0.1, -0.05) is 116 Å². The molecule has 1 heterocycles. The third-order valence-electron chi connectivity index (χ3n) is 12.4. The Hall–Kier alpha value is -5.48. The molecule has 4 nitrogen and oxygen atoms in total. The highest BCUT2D eigenvalue weighted by Gasteiger charge is 2.62. The zero-order valence-electron chi connectivity index (χ0n) is 29.0. The van der Waals surface area contributed by atoms with Crippen molar-refractivity contribution in [1.82, 2.24) is 15.0 Å². The molecule has 248 valence electrons. The predicted octanol–water partition coefficient (Wildman–Crippen LogP) is 11.3. The Morgan fingerprint density at radius 3 is 1.96 bits per heavy atom. The van der Waals surface area contributed by atoms with E-state index in [4.69, 9.17) is 15.0 Å². The Morgan fingerprint density at radius 1 is 0.667 bits per heavy atom. The number of fused-ring (bicyclic) bond motifs is 5. The van der Waals surface area contributed by atoms with E-state index in [0.29, 0.717) is 29.3 Å². The van der Waals surface area contributed by atoms with Gasteiger partial charge in [0.05, 0.1) is 5.71 Å². The molecule has 5 aliphatic rings. The van der Waals surface area contributed by atoms with Crippen LogP contribution in [0.5, 0.6) is 0 Å². The van der Waals surface area contributed by atoms with E-state index >= 15 is 0 Å². The summed E-state index contributed by atoms with van der Waals surface area (Å²) in [4.78, 5) is 20.0. The zero-order valence-corrected chi connectivity index (χ0v) is 29.0. The van der Waals surface area contributed by atoms with Crippen LogP contribution in [0.15, 0.2) is 139 Å². The Balaban J connectivity index is 1.15. The molecule has 4 saturated carbocycles. The minimum absolute atomic E-state index is 0.0281. The van der Waals surface area contributed by atoms with E-state index < -0.39 is 0 Å². The van der Waals surface area contributed by atoms with Crippen molar-refractivity contribution < 1.29 is 0 Å². The normalized spacial score (nSPS) is 24.4. The van der Waals surface area contributed by atoms with E-state index in [1.54, 1.807) is 17.8 Å². The summed E-state index contributed by atoms with van der Waals surface area (Å²) in [5.41, 5.74) is 10.8. The summed E-state index contributed by atoms with van der Waals surface area (Å²) in [6.07, 6.45) is 12.3. The zero-order chi connectivity index (χ0) is 34.1. The molecule has 51 heavy (non-hydrogen) atoms. The van der Waals surface area contributed by atoms with Crippen LogP contribution >= 0.6 is 0 Å². The number of aliphatic imine (C=N–C) groups is 1. The van der Waals surface area contributed by atoms with Gasteiger partial charge in [-0.25, -0.2) is 15.0 Å². The first-order chi connectivity index (χ1) is 25.1. The Labute approximate surface area is 299 Å². The van der Waals surface area contributed by atoms with Gasteiger partial charge in [0.15, 0.2) is 17.5 Å². The Bertz CT molecular complexity index is 2370. The third-order valence-corrected chi connectivity index (χ3v) is 12.4. The van der Waals surface area contributed by atoms with E-state index in [0.717, 1.165) is 39.8 Å². The fourth-order valence-corrected chi connectivity index (χ4v) is 10.7. The lowest BCUT2D eigenvalue weighted by atomic mass is 9.43. The van der Waals surface area contributed by atoms with Gasteiger partial charge >= 0.3 is 0 Å². The standard InChI is InChI=1S/C47H40N4/c1-3-22-48-42(4-2)32-14-16-34(17-15-32)45-49-44(33-11-6-5-7-12-33)50-46(51-45)35-19-20-39-40-21-18-31-10-8-9-13-38(31)43(40)47(41(39)28-35)36-24-29-23-30(26-36)27-37(47)25-29/h3-22,28-30,36-37H,2,23-27H2,1H3/b22-3-,48-42?. The van der Waals surface area contributed by atoms with E-state index in [9.17, 15) is 0 Å². The van der Waals surface area contributed by atoms with E-state index in [1.807, 2.05) is 31.2 Å². The SMILES string of the molecule is C=CC(=N/C=C\C)c1ccc(-c2nc(-c3ccccc3)nc(-c3ccc4c(c3)C3(c5c-4ccc4ccccc54)C4CC5CC(C4)CC3C5)n2)cc1. The molecule has 6 aromatic rings. The van der Waals surface area contributed by atoms with Crippen LogP contribution in [0.4, 0.5) is 0 Å². The molecule has 0 atom stereocenters. The number of hydrogen-bond donors (Lipinski definition) is 0. The lowest BCUT2D eigenvalue weighted by Gasteiger charge is -2.61. The minimum atomic E-state index is 0.0281. The van der Waals surface area contributed by atoms with E-state index in [1.165, 1.54) is 59.6 Å². The Morgan fingerprint density at radius 2 is 1.27 bits per heavy atom. The number of hydrogen-bond acceptors (Lipinski definition) is 4. The van der Waals surface area contributed by atoms with Crippen molar-refractivity contribution in [3.05, 3.63) is 151 Å². The van der Waals surface area contributed by atoms with Crippen molar-refractivity contribution in [1.29, 1.82) is 0 Å². The second kappa shape index (κ2) is 11.8. The van der Waals surface area contributed by atoms with Crippen LogP contribution < -0.4 is 0 Å². The largest absolute Gasteiger partial charge is 0.257 e. The van der Waals surface area contributed by atoms with Crippen molar-refractivity contribution >= 4 is 16.5 Å². The molecule has 0 radical (unpaired) electrons. The first-order valence-electron chi connectivity index (χ1n) is 18.5. The van der Waals surface area contributed by atoms with Gasteiger partial charge in [-0.15, -0.1) is 0 Å². The summed E-state index contributed by atoms with van der Waals surface area (Å²) in [6, 6.07) is 39.5. The highest BCUT2D eigenvalue weighted by molar-refractivity contribution is 6.08. The van der Waals surface area contributed by atoms with Crippen molar-refractivity contribution in [3.63, 3.8) is 0 Å². The third kappa shape index (κ3) is 4.65. The molecular weight excluding hydrogens is 621 g/mol. The number of nitrogens with zero attached hydrogens (tertiary/aromatic N) is 4. The molecule has 0 amide bonds. The number of allylic oxidation sites excluding steroid dienone is 2. The van der Waals surface area contributed by atoms with Crippen LogP contribution in [0.2, 0.25) is 0 Å². The molecule has 0 N–H and O–H groups in total. The maximum Gasteiger partial charge on any atom is 0.164 e. The van der Waals surface area contributed by atoms with Gasteiger partial charge in [-0.05, 0) is 108 Å². The number of aromatic nitrogens is 3. The molecular formula is C47H40N4. The topological polar surface area (TPSA) is 51.0 Å². The van der Waals surface area contributed by atoms with Crippen LogP contribution in [0.25, 0.3) is 56.1 Å². The van der Waals surface area contributed by atoms with Gasteiger partial charge in [0, 0.05) is 33.9 Å². The number of benzene rings is 5. The van der Waals surface area contributed by atoms with Crippen LogP contribution in [-0.2, 0) is 5.41 Å². The summed E-state index contributed by atoms with van der Waals surface area (Å²) in [7, 11) is 0. The van der Waals surface area contributed by atoms with Crippen molar-refractivity contribution in [2.24, 2.45) is 28.7 Å². The molecule has 4 bridgehead atoms. The highest BCUT2D eigenvalue weighted by Crippen LogP contribution is 2.70. The fourth-order valence-electron chi connectivity index (χ4n) is 10.7. The van der Waals surface area contributed by atoms with E-state index in [2.05, 4.69) is 103 Å². The van der Waals surface area contributed by atoms with Gasteiger partial charge in [-0.3, -0.25) is 4.99 Å². The van der Waals surface area contributed by atoms with Gasteiger partial charge in [-0.2, -0.15) is 0 Å². The van der Waals surface area contributed by atoms with Gasteiger partial charge in [0.1, 0.15) is 0 Å². The summed E-state index contributed by atoms with van der Waals surface area (Å²) in [5.74, 6) is 5.15. The smallest absolute Gasteiger partial charge is 0.164 e. The van der Waals surface area contributed by atoms with Crippen molar-refractivity contribution in [3.8, 4) is 45.3 Å². The lowest BCUT2D eigenvalue weighted by molar-refractivity contribution is -0.0393. The second-order valence-electron chi connectivity index (χ2n) is 15.1. The first kappa shape index (κ1) is 30.4. The van der Waals surface area contributed by atoms with Gasteiger partial charge < -0.3 is 0 Å². The molecule has 11 rings (SSSR count). The molecule has 0 saturated heterocycles. The van der Waals surface area contributed by atoms with Crippen LogP contribution in [0.3, 0.4) is 0 Å². The van der Waals surface area contributed by atoms with E-state index in [-0.39, 0.29) is 5.41 Å². The van der Waals surface area contributed by atoms with Crippen LogP contribution in [-0.4, -0.2) is 20.7 Å². The molecule has 5 aliphatic carbocycles. The summed E-state index contributed by atoms with van der Waals surface area (Å²) < 4.78 is 0. The molecule has 1 aromatic heterocycles. The van der Waals surface area contributed by atoms with Crippen LogP contribution in [0.1, 0.15) is 55.7 Å². The molecule has 1 spiro atoms. The van der Waals surface area contributed by atoms with Gasteiger partial charge in [0.2, 0.25) is 0 Å². The summed E-state index contributed by atoms with van der Waals surface area (Å²) in [6.45, 7) is 5.93. The lowest BCUT2D eigenvalue weighted by Crippen LogP contribution is -2.55. The maximum atomic E-state index is 5.21.